The number of benzene rings is 2. The van der Waals surface area contributed by atoms with Gasteiger partial charge in [0.1, 0.15) is 11.3 Å². The van der Waals surface area contributed by atoms with E-state index in [4.69, 9.17) is 18.6 Å². The smallest absolute Gasteiger partial charge is 0.344 e. The van der Waals surface area contributed by atoms with Crippen molar-refractivity contribution in [2.75, 3.05) is 47.5 Å². The lowest BCUT2D eigenvalue weighted by Gasteiger charge is -2.45. The van der Waals surface area contributed by atoms with Crippen molar-refractivity contribution in [2.24, 2.45) is 5.92 Å². The van der Waals surface area contributed by atoms with Crippen LogP contribution in [0.5, 0.6) is 17.2 Å². The van der Waals surface area contributed by atoms with Gasteiger partial charge in [0.15, 0.2) is 18.1 Å². The number of nitrogens with zero attached hydrogens (tertiary/aromatic N) is 2. The minimum Gasteiger partial charge on any atom is -0.493 e. The molecule has 0 radical (unpaired) electrons. The number of amides is 1. The predicted octanol–water partition coefficient (Wildman–Crippen LogP) is 4.58. The van der Waals surface area contributed by atoms with Gasteiger partial charge in [0, 0.05) is 31.1 Å². The van der Waals surface area contributed by atoms with Gasteiger partial charge in [0.05, 0.1) is 19.8 Å². The van der Waals surface area contributed by atoms with E-state index >= 15 is 0 Å². The van der Waals surface area contributed by atoms with Crippen LogP contribution in [0.2, 0.25) is 0 Å². The Balaban J connectivity index is 1.24. The maximum Gasteiger partial charge on any atom is 0.344 e. The highest BCUT2D eigenvalue weighted by Crippen LogP contribution is 2.33. The molecular weight excluding hydrogens is 484 g/mol. The largest absolute Gasteiger partial charge is 0.493 e. The Kier molecular flexibility index (Phi) is 7.88. The summed E-state index contributed by atoms with van der Waals surface area (Å²) in [6, 6.07) is 12.9. The fourth-order valence-corrected chi connectivity index (χ4v) is 5.89. The molecule has 202 valence electrons. The molecule has 2 aromatic carbocycles. The van der Waals surface area contributed by atoms with Crippen molar-refractivity contribution < 1.29 is 23.4 Å². The number of methoxy groups -OCH3 is 2. The van der Waals surface area contributed by atoms with Crippen LogP contribution in [-0.4, -0.2) is 69.3 Å². The number of rotatable bonds is 8. The van der Waals surface area contributed by atoms with Crippen LogP contribution in [0, 0.1) is 5.92 Å². The van der Waals surface area contributed by atoms with Gasteiger partial charge >= 0.3 is 5.63 Å². The quantitative estimate of drug-likeness (QED) is 0.402. The first-order valence-electron chi connectivity index (χ1n) is 13.4. The molecule has 38 heavy (non-hydrogen) atoms. The molecule has 1 aromatic heterocycles. The number of ether oxygens (including phenoxy) is 3. The van der Waals surface area contributed by atoms with Gasteiger partial charge in [0.25, 0.3) is 5.91 Å². The van der Waals surface area contributed by atoms with E-state index < -0.39 is 5.63 Å². The molecule has 0 bridgehead atoms. The molecule has 0 saturated carbocycles. The molecule has 2 aliphatic heterocycles. The lowest BCUT2D eigenvalue weighted by Crippen LogP contribution is -2.51. The highest BCUT2D eigenvalue weighted by atomic mass is 16.5. The number of fused-ring (bicyclic) bond motifs is 2. The SMILES string of the molecule is COc1ccc(-c2cc3ccc(OCC(=O)N(C)C[C@@H]4CCCN5CCCC[C@H]45)cc3oc2=O)cc1OC. The van der Waals surface area contributed by atoms with Gasteiger partial charge in [-0.2, -0.15) is 0 Å². The highest BCUT2D eigenvalue weighted by molar-refractivity contribution is 5.83. The average Bonchev–Trinajstić information content (AvgIpc) is 2.95. The number of carbonyl (C=O) groups is 1. The highest BCUT2D eigenvalue weighted by Gasteiger charge is 2.34. The third-order valence-electron chi connectivity index (χ3n) is 7.93. The standard InChI is InChI=1S/C30H36N2O6/c1-31(18-22-7-6-14-32-13-5-4-8-25(22)32)29(33)19-37-23-11-9-21-15-24(30(34)38-27(21)17-23)20-10-12-26(35-2)28(16-20)36-3/h9-12,15-17,22,25H,4-8,13-14,18-19H2,1-3H3/t22-,25+/m0/s1. The van der Waals surface area contributed by atoms with Gasteiger partial charge in [-0.1, -0.05) is 12.5 Å². The monoisotopic (exact) mass is 520 g/mol. The summed E-state index contributed by atoms with van der Waals surface area (Å²) in [7, 11) is 4.98. The van der Waals surface area contributed by atoms with Crippen LogP contribution in [0.1, 0.15) is 32.1 Å². The van der Waals surface area contributed by atoms with E-state index in [1.54, 1.807) is 55.5 Å². The molecule has 0 spiro atoms. The molecule has 2 saturated heterocycles. The molecule has 0 N–H and O–H groups in total. The zero-order valence-corrected chi connectivity index (χ0v) is 22.4. The maximum absolute atomic E-state index is 12.9. The van der Waals surface area contributed by atoms with Crippen molar-refractivity contribution in [2.45, 2.75) is 38.1 Å². The second kappa shape index (κ2) is 11.5. The van der Waals surface area contributed by atoms with Crippen LogP contribution in [-0.2, 0) is 4.79 Å². The molecule has 2 aliphatic rings. The minimum absolute atomic E-state index is 0.0525. The Hall–Kier alpha value is -3.52. The second-order valence-electron chi connectivity index (χ2n) is 10.3. The molecule has 2 fully saturated rings. The molecule has 0 unspecified atom stereocenters. The summed E-state index contributed by atoms with van der Waals surface area (Å²) in [5.41, 5.74) is 1.02. The second-order valence-corrected chi connectivity index (χ2v) is 10.3. The zero-order valence-electron chi connectivity index (χ0n) is 22.4. The molecule has 3 aromatic rings. The van der Waals surface area contributed by atoms with Crippen molar-refractivity contribution in [3.63, 3.8) is 0 Å². The summed E-state index contributed by atoms with van der Waals surface area (Å²) in [4.78, 5) is 30.1. The van der Waals surface area contributed by atoms with Gasteiger partial charge in [-0.3, -0.25) is 4.79 Å². The van der Waals surface area contributed by atoms with Gasteiger partial charge < -0.3 is 28.4 Å². The van der Waals surface area contributed by atoms with Crippen molar-refractivity contribution >= 4 is 16.9 Å². The number of likely N-dealkylation sites (N-methyl/N-ethyl adjacent to an activating group) is 1. The topological polar surface area (TPSA) is 81.5 Å². The first-order valence-corrected chi connectivity index (χ1v) is 13.4. The lowest BCUT2D eigenvalue weighted by molar-refractivity contribution is -0.133. The van der Waals surface area contributed by atoms with Gasteiger partial charge in [-0.15, -0.1) is 0 Å². The fraction of sp³-hybridized carbons (Fsp3) is 0.467. The third-order valence-corrected chi connectivity index (χ3v) is 7.93. The van der Waals surface area contributed by atoms with Crippen LogP contribution in [0.25, 0.3) is 22.1 Å². The molecule has 0 aliphatic carbocycles. The van der Waals surface area contributed by atoms with Crippen molar-refractivity contribution in [3.05, 3.63) is 52.9 Å². The Bertz CT molecular complexity index is 1350. The first kappa shape index (κ1) is 26.1. The first-order chi connectivity index (χ1) is 18.5. The molecule has 1 amide bonds. The van der Waals surface area contributed by atoms with E-state index in [1.807, 2.05) is 13.1 Å². The normalized spacial score (nSPS) is 19.6. The van der Waals surface area contributed by atoms with Gasteiger partial charge in [0.2, 0.25) is 0 Å². The number of piperidine rings is 2. The third kappa shape index (κ3) is 5.50. The number of carbonyl (C=O) groups excluding carboxylic acids is 1. The van der Waals surface area contributed by atoms with Crippen LogP contribution in [0.4, 0.5) is 0 Å². The molecule has 2 atom stereocenters. The van der Waals surface area contributed by atoms with Crippen LogP contribution >= 0.6 is 0 Å². The molecule has 3 heterocycles. The number of hydrogen-bond donors (Lipinski definition) is 0. The molecular formula is C30H36N2O6. The maximum atomic E-state index is 12.9. The van der Waals surface area contributed by atoms with E-state index in [0.29, 0.717) is 45.9 Å². The van der Waals surface area contributed by atoms with Crippen LogP contribution in [0.3, 0.4) is 0 Å². The van der Waals surface area contributed by atoms with E-state index in [1.165, 1.54) is 45.2 Å². The Morgan fingerprint density at radius 2 is 1.82 bits per heavy atom. The number of hydrogen-bond acceptors (Lipinski definition) is 7. The lowest BCUT2D eigenvalue weighted by atomic mass is 9.83. The Morgan fingerprint density at radius 1 is 1.00 bits per heavy atom. The molecule has 8 nitrogen and oxygen atoms in total. The molecule has 5 rings (SSSR count). The van der Waals surface area contributed by atoms with E-state index in [2.05, 4.69) is 4.90 Å². The Labute approximate surface area is 223 Å². The van der Waals surface area contributed by atoms with Crippen molar-refractivity contribution in [1.82, 2.24) is 9.80 Å². The Morgan fingerprint density at radius 3 is 2.63 bits per heavy atom. The summed E-state index contributed by atoms with van der Waals surface area (Å²) < 4.78 is 22.1. The zero-order chi connectivity index (χ0) is 26.6. The summed E-state index contributed by atoms with van der Waals surface area (Å²) in [5, 5.41) is 0.750. The summed E-state index contributed by atoms with van der Waals surface area (Å²) in [5.74, 6) is 2.06. The predicted molar refractivity (Wildman–Crippen MR) is 146 cm³/mol. The van der Waals surface area contributed by atoms with Gasteiger partial charge in [-0.25, -0.2) is 4.79 Å². The van der Waals surface area contributed by atoms with E-state index in [0.717, 1.165) is 11.9 Å². The minimum atomic E-state index is -0.470. The van der Waals surface area contributed by atoms with E-state index in [-0.39, 0.29) is 12.5 Å². The van der Waals surface area contributed by atoms with Crippen LogP contribution in [0.15, 0.2) is 51.7 Å². The van der Waals surface area contributed by atoms with Crippen molar-refractivity contribution in [1.29, 1.82) is 0 Å². The van der Waals surface area contributed by atoms with Crippen LogP contribution < -0.4 is 19.8 Å². The molecule has 8 heteroatoms. The van der Waals surface area contributed by atoms with Gasteiger partial charge in [-0.05, 0) is 80.6 Å². The summed E-state index contributed by atoms with van der Waals surface area (Å²) in [6.07, 6.45) is 6.19. The summed E-state index contributed by atoms with van der Waals surface area (Å²) in [6.45, 7) is 3.08. The summed E-state index contributed by atoms with van der Waals surface area (Å²) >= 11 is 0. The fourth-order valence-electron chi connectivity index (χ4n) is 5.89. The average molecular weight is 521 g/mol. The van der Waals surface area contributed by atoms with Crippen molar-refractivity contribution in [3.8, 4) is 28.4 Å². The van der Waals surface area contributed by atoms with E-state index in [9.17, 15) is 9.59 Å².